The van der Waals surface area contributed by atoms with Gasteiger partial charge in [-0.15, -0.1) is 0 Å². The molecule has 0 saturated heterocycles. The summed E-state index contributed by atoms with van der Waals surface area (Å²) >= 11 is 1.24. The molecule has 0 spiro atoms. The van der Waals surface area contributed by atoms with Gasteiger partial charge in [0.1, 0.15) is 5.75 Å². The molecule has 0 bridgehead atoms. The standard InChI is InChI=1S/C14H14O3S/c1-10(15)13-9-12(6-7-14(13)17)5-3-4-8-18-11(2)16/h6-7,9,17H,4,8H2,1-2H3. The molecule has 0 saturated carbocycles. The third-order valence-corrected chi connectivity index (χ3v) is 2.96. The summed E-state index contributed by atoms with van der Waals surface area (Å²) in [5.41, 5.74) is 0.964. The van der Waals surface area contributed by atoms with Crippen molar-refractivity contribution in [3.05, 3.63) is 29.3 Å². The van der Waals surface area contributed by atoms with E-state index in [1.807, 2.05) is 0 Å². The molecular formula is C14H14O3S. The van der Waals surface area contributed by atoms with Crippen LogP contribution in [0.1, 0.15) is 36.2 Å². The molecule has 18 heavy (non-hydrogen) atoms. The highest BCUT2D eigenvalue weighted by molar-refractivity contribution is 8.13. The van der Waals surface area contributed by atoms with E-state index in [1.54, 1.807) is 12.1 Å². The lowest BCUT2D eigenvalue weighted by atomic mass is 10.1. The maximum Gasteiger partial charge on any atom is 0.185 e. The first-order chi connectivity index (χ1) is 8.50. The monoisotopic (exact) mass is 262 g/mol. The van der Waals surface area contributed by atoms with Crippen LogP contribution in [-0.4, -0.2) is 21.8 Å². The number of carbonyl (C=O) groups is 2. The van der Waals surface area contributed by atoms with Crippen LogP contribution in [0.15, 0.2) is 18.2 Å². The predicted octanol–water partition coefficient (Wildman–Crippen LogP) is 2.62. The van der Waals surface area contributed by atoms with Gasteiger partial charge in [0.2, 0.25) is 0 Å². The molecule has 4 heteroatoms. The predicted molar refractivity (Wildman–Crippen MR) is 72.7 cm³/mol. The van der Waals surface area contributed by atoms with E-state index in [2.05, 4.69) is 11.8 Å². The SMILES string of the molecule is CC(=O)SCCC#Cc1ccc(O)c(C(C)=O)c1. The molecule has 0 fully saturated rings. The van der Waals surface area contributed by atoms with Crippen LogP contribution in [0.25, 0.3) is 0 Å². The minimum Gasteiger partial charge on any atom is -0.507 e. The number of hydrogen-bond donors (Lipinski definition) is 1. The molecular weight excluding hydrogens is 248 g/mol. The lowest BCUT2D eigenvalue weighted by Crippen LogP contribution is -1.93. The van der Waals surface area contributed by atoms with Crippen molar-refractivity contribution in [3.63, 3.8) is 0 Å². The molecule has 0 radical (unpaired) electrons. The zero-order chi connectivity index (χ0) is 13.5. The molecule has 0 aliphatic heterocycles. The van der Waals surface area contributed by atoms with Crippen molar-refractivity contribution in [1.29, 1.82) is 0 Å². The average molecular weight is 262 g/mol. The molecule has 1 aromatic rings. The van der Waals surface area contributed by atoms with Gasteiger partial charge in [0, 0.05) is 24.7 Å². The van der Waals surface area contributed by atoms with Crippen LogP contribution in [0.4, 0.5) is 0 Å². The Bertz CT molecular complexity index is 524. The highest BCUT2D eigenvalue weighted by atomic mass is 32.2. The normalized spacial score (nSPS) is 9.44. The van der Waals surface area contributed by atoms with Gasteiger partial charge in [0.15, 0.2) is 10.9 Å². The third-order valence-electron chi connectivity index (χ3n) is 2.14. The first-order valence-corrected chi connectivity index (χ1v) is 6.45. The number of ketones is 1. The average Bonchev–Trinajstić information content (AvgIpc) is 2.30. The summed E-state index contributed by atoms with van der Waals surface area (Å²) in [7, 11) is 0. The summed E-state index contributed by atoms with van der Waals surface area (Å²) in [6, 6.07) is 4.70. The molecule has 0 aliphatic carbocycles. The molecule has 0 aromatic heterocycles. The Morgan fingerprint density at radius 1 is 1.33 bits per heavy atom. The highest BCUT2D eigenvalue weighted by Crippen LogP contribution is 2.18. The van der Waals surface area contributed by atoms with Crippen LogP contribution >= 0.6 is 11.8 Å². The summed E-state index contributed by atoms with van der Waals surface area (Å²) < 4.78 is 0. The van der Waals surface area contributed by atoms with Gasteiger partial charge in [-0.05, 0) is 25.1 Å². The Kier molecular flexibility index (Phi) is 5.47. The van der Waals surface area contributed by atoms with Crippen LogP contribution in [0.5, 0.6) is 5.75 Å². The van der Waals surface area contributed by atoms with Crippen molar-refractivity contribution in [1.82, 2.24) is 0 Å². The molecule has 1 rings (SSSR count). The maximum absolute atomic E-state index is 11.2. The van der Waals surface area contributed by atoms with Gasteiger partial charge in [-0.2, -0.15) is 0 Å². The fraction of sp³-hybridized carbons (Fsp3) is 0.286. The lowest BCUT2D eigenvalue weighted by Gasteiger charge is -2.00. The number of aromatic hydroxyl groups is 1. The highest BCUT2D eigenvalue weighted by Gasteiger charge is 2.05. The summed E-state index contributed by atoms with van der Waals surface area (Å²) in [6.45, 7) is 2.92. The lowest BCUT2D eigenvalue weighted by molar-refractivity contribution is -0.109. The van der Waals surface area contributed by atoms with Gasteiger partial charge in [0.25, 0.3) is 0 Å². The van der Waals surface area contributed by atoms with Crippen LogP contribution in [-0.2, 0) is 4.79 Å². The quantitative estimate of drug-likeness (QED) is 0.517. The Morgan fingerprint density at radius 3 is 2.67 bits per heavy atom. The number of carbonyl (C=O) groups excluding carboxylic acids is 2. The molecule has 3 nitrogen and oxygen atoms in total. The minimum absolute atomic E-state index is 0.0276. The zero-order valence-electron chi connectivity index (χ0n) is 10.3. The Balaban J connectivity index is 2.68. The second kappa shape index (κ2) is 6.87. The van der Waals surface area contributed by atoms with Gasteiger partial charge in [-0.1, -0.05) is 23.6 Å². The number of benzene rings is 1. The number of hydrogen-bond acceptors (Lipinski definition) is 4. The van der Waals surface area contributed by atoms with Crippen LogP contribution in [0.2, 0.25) is 0 Å². The van der Waals surface area contributed by atoms with Crippen LogP contribution in [0, 0.1) is 11.8 Å². The van der Waals surface area contributed by atoms with Crippen molar-refractivity contribution in [3.8, 4) is 17.6 Å². The second-order valence-corrected chi connectivity index (χ2v) is 4.95. The number of Topliss-reactive ketones (excluding diaryl/α,β-unsaturated/α-hetero) is 1. The Hall–Kier alpha value is -1.73. The van der Waals surface area contributed by atoms with E-state index in [4.69, 9.17) is 0 Å². The summed E-state index contributed by atoms with van der Waals surface area (Å²) in [5, 5.41) is 9.55. The minimum atomic E-state index is -0.191. The fourth-order valence-electron chi connectivity index (χ4n) is 1.31. The summed E-state index contributed by atoms with van der Waals surface area (Å²) in [6.07, 6.45) is 0.612. The van der Waals surface area contributed by atoms with Crippen molar-refractivity contribution in [2.24, 2.45) is 0 Å². The Morgan fingerprint density at radius 2 is 2.06 bits per heavy atom. The van der Waals surface area contributed by atoms with Crippen molar-refractivity contribution >= 4 is 22.7 Å². The summed E-state index contributed by atoms with van der Waals surface area (Å²) in [4.78, 5) is 21.9. The van der Waals surface area contributed by atoms with Gasteiger partial charge in [-0.25, -0.2) is 0 Å². The number of thioether (sulfide) groups is 1. The molecule has 0 atom stereocenters. The van der Waals surface area contributed by atoms with Crippen LogP contribution in [0.3, 0.4) is 0 Å². The van der Waals surface area contributed by atoms with Crippen molar-refractivity contribution < 1.29 is 14.7 Å². The van der Waals surface area contributed by atoms with E-state index >= 15 is 0 Å². The third kappa shape index (κ3) is 4.64. The smallest absolute Gasteiger partial charge is 0.185 e. The van der Waals surface area contributed by atoms with E-state index in [9.17, 15) is 14.7 Å². The number of phenolic OH excluding ortho intramolecular Hbond substituents is 1. The van der Waals surface area contributed by atoms with Crippen molar-refractivity contribution in [2.75, 3.05) is 5.75 Å². The first kappa shape index (κ1) is 14.3. The molecule has 1 aromatic carbocycles. The second-order valence-electron chi connectivity index (χ2n) is 3.68. The van der Waals surface area contributed by atoms with E-state index in [0.29, 0.717) is 17.7 Å². The zero-order valence-corrected chi connectivity index (χ0v) is 11.1. The molecule has 94 valence electrons. The van der Waals surface area contributed by atoms with Gasteiger partial charge >= 0.3 is 0 Å². The van der Waals surface area contributed by atoms with E-state index < -0.39 is 0 Å². The molecule has 1 N–H and O–H groups in total. The maximum atomic E-state index is 11.2. The van der Waals surface area contributed by atoms with E-state index in [-0.39, 0.29) is 22.2 Å². The largest absolute Gasteiger partial charge is 0.507 e. The van der Waals surface area contributed by atoms with E-state index in [0.717, 1.165) is 0 Å². The van der Waals surface area contributed by atoms with Crippen molar-refractivity contribution in [2.45, 2.75) is 20.3 Å². The van der Waals surface area contributed by atoms with Gasteiger partial charge in [-0.3, -0.25) is 9.59 Å². The Labute approximate surface area is 111 Å². The van der Waals surface area contributed by atoms with E-state index in [1.165, 1.54) is 31.7 Å². The summed E-state index contributed by atoms with van der Waals surface area (Å²) in [5.74, 6) is 6.28. The first-order valence-electron chi connectivity index (χ1n) is 5.47. The molecule has 0 amide bonds. The fourth-order valence-corrected chi connectivity index (χ4v) is 1.80. The van der Waals surface area contributed by atoms with Crippen LogP contribution < -0.4 is 0 Å². The molecule has 0 heterocycles. The number of rotatable bonds is 3. The van der Waals surface area contributed by atoms with Gasteiger partial charge in [0.05, 0.1) is 5.56 Å². The number of phenols is 1. The van der Waals surface area contributed by atoms with Gasteiger partial charge < -0.3 is 5.11 Å². The topological polar surface area (TPSA) is 54.4 Å². The molecule has 0 unspecified atom stereocenters. The molecule has 0 aliphatic rings.